The minimum atomic E-state index is 0.168. The van der Waals surface area contributed by atoms with Crippen LogP contribution in [0.3, 0.4) is 0 Å². The van der Waals surface area contributed by atoms with E-state index in [2.05, 4.69) is 28.9 Å². The first-order valence-corrected chi connectivity index (χ1v) is 7.76. The van der Waals surface area contributed by atoms with Gasteiger partial charge in [0.1, 0.15) is 0 Å². The van der Waals surface area contributed by atoms with Crippen LogP contribution in [0.15, 0.2) is 6.20 Å². The lowest BCUT2D eigenvalue weighted by atomic mass is 10.0. The second-order valence-electron chi connectivity index (χ2n) is 5.30. The molecule has 1 fully saturated rings. The Hall–Kier alpha value is -1.07. The van der Waals surface area contributed by atoms with E-state index in [1.807, 2.05) is 6.20 Å². The molecule has 0 spiro atoms. The van der Waals surface area contributed by atoms with E-state index in [4.69, 9.17) is 9.47 Å². The number of nitrogens with one attached hydrogen (secondary N) is 1. The van der Waals surface area contributed by atoms with Crippen LogP contribution in [0.4, 0.5) is 0 Å². The number of rotatable bonds is 8. The second-order valence-corrected chi connectivity index (χ2v) is 5.30. The van der Waals surface area contributed by atoms with E-state index in [0.717, 1.165) is 56.8 Å². The Labute approximate surface area is 121 Å². The summed E-state index contributed by atoms with van der Waals surface area (Å²) in [4.78, 5) is 0. The normalized spacial score (nSPS) is 20.2. The van der Waals surface area contributed by atoms with Crippen LogP contribution in [0.5, 0.6) is 5.75 Å². The van der Waals surface area contributed by atoms with Crippen molar-refractivity contribution in [1.29, 1.82) is 0 Å². The molecule has 1 aliphatic rings. The molecule has 114 valence electrons. The lowest BCUT2D eigenvalue weighted by molar-refractivity contribution is 0.0745. The van der Waals surface area contributed by atoms with Gasteiger partial charge >= 0.3 is 0 Å². The fourth-order valence-electron chi connectivity index (χ4n) is 2.81. The van der Waals surface area contributed by atoms with Crippen LogP contribution in [0.2, 0.25) is 0 Å². The molecule has 1 aromatic rings. The third-order valence-corrected chi connectivity index (χ3v) is 3.75. The summed E-state index contributed by atoms with van der Waals surface area (Å²) >= 11 is 0. The fourth-order valence-corrected chi connectivity index (χ4v) is 2.81. The summed E-state index contributed by atoms with van der Waals surface area (Å²) in [7, 11) is 1.71. The average Bonchev–Trinajstić information content (AvgIpc) is 3.10. The number of hydrogen-bond donors (Lipinski definition) is 1. The zero-order valence-corrected chi connectivity index (χ0v) is 12.9. The van der Waals surface area contributed by atoms with E-state index in [-0.39, 0.29) is 12.1 Å². The van der Waals surface area contributed by atoms with Gasteiger partial charge in [-0.15, -0.1) is 0 Å². The molecule has 0 saturated carbocycles. The van der Waals surface area contributed by atoms with Crippen LogP contribution in [-0.2, 0) is 11.3 Å². The summed E-state index contributed by atoms with van der Waals surface area (Å²) in [5.41, 5.74) is 1.13. The molecule has 0 bridgehead atoms. The van der Waals surface area contributed by atoms with Gasteiger partial charge in [0.15, 0.2) is 5.75 Å². The van der Waals surface area contributed by atoms with Crippen molar-refractivity contribution >= 4 is 0 Å². The molecule has 1 N–H and O–H groups in total. The molecule has 0 aromatic carbocycles. The lowest BCUT2D eigenvalue weighted by Gasteiger charge is -2.26. The van der Waals surface area contributed by atoms with Gasteiger partial charge < -0.3 is 14.8 Å². The number of ether oxygens (including phenoxy) is 2. The Kier molecular flexibility index (Phi) is 5.86. The number of aromatic nitrogens is 2. The van der Waals surface area contributed by atoms with Crippen LogP contribution in [0, 0.1) is 0 Å². The molecule has 2 heterocycles. The Balaban J connectivity index is 2.27. The highest BCUT2D eigenvalue weighted by atomic mass is 16.5. The number of aryl methyl sites for hydroxylation is 1. The molecule has 5 nitrogen and oxygen atoms in total. The van der Waals surface area contributed by atoms with Crippen LogP contribution in [0.25, 0.3) is 0 Å². The molecule has 2 rings (SSSR count). The Morgan fingerprint density at radius 2 is 2.35 bits per heavy atom. The minimum absolute atomic E-state index is 0.168. The van der Waals surface area contributed by atoms with Gasteiger partial charge in [0.25, 0.3) is 0 Å². The van der Waals surface area contributed by atoms with Gasteiger partial charge in [-0.3, -0.25) is 4.68 Å². The molecule has 1 aliphatic heterocycles. The highest BCUT2D eigenvalue weighted by molar-refractivity contribution is 5.29. The van der Waals surface area contributed by atoms with Crippen LogP contribution in [0.1, 0.15) is 51.3 Å². The van der Waals surface area contributed by atoms with E-state index in [0.29, 0.717) is 0 Å². The molecule has 1 aromatic heterocycles. The van der Waals surface area contributed by atoms with Crippen LogP contribution in [-0.4, -0.2) is 36.1 Å². The zero-order chi connectivity index (χ0) is 14.4. The SMILES string of the molecule is CCCNC(c1c(OC)cnn1CCC)C1CCCO1. The van der Waals surface area contributed by atoms with E-state index in [1.165, 1.54) is 0 Å². The molecule has 0 amide bonds. The Bertz CT molecular complexity index is 400. The maximum absolute atomic E-state index is 5.91. The molecule has 1 saturated heterocycles. The molecule has 5 heteroatoms. The average molecular weight is 281 g/mol. The highest BCUT2D eigenvalue weighted by Gasteiger charge is 2.31. The van der Waals surface area contributed by atoms with Crippen molar-refractivity contribution < 1.29 is 9.47 Å². The topological polar surface area (TPSA) is 48.3 Å². The largest absolute Gasteiger partial charge is 0.493 e. The molecule has 2 atom stereocenters. The lowest BCUT2D eigenvalue weighted by Crippen LogP contribution is -2.34. The third kappa shape index (κ3) is 3.33. The monoisotopic (exact) mass is 281 g/mol. The minimum Gasteiger partial charge on any atom is -0.493 e. The standard InChI is InChI=1S/C15H27N3O2/c1-4-8-16-14(12-7-6-10-20-12)15-13(19-3)11-17-18(15)9-5-2/h11-12,14,16H,4-10H2,1-3H3. The Morgan fingerprint density at radius 1 is 1.50 bits per heavy atom. The quantitative estimate of drug-likeness (QED) is 0.795. The number of methoxy groups -OCH3 is 1. The summed E-state index contributed by atoms with van der Waals surface area (Å²) in [6, 6.07) is 0.168. The Morgan fingerprint density at radius 3 is 2.95 bits per heavy atom. The summed E-state index contributed by atoms with van der Waals surface area (Å²) in [5.74, 6) is 0.863. The van der Waals surface area contributed by atoms with Gasteiger partial charge in [-0.05, 0) is 32.2 Å². The predicted molar refractivity (Wildman–Crippen MR) is 79.1 cm³/mol. The van der Waals surface area contributed by atoms with E-state index in [1.54, 1.807) is 7.11 Å². The molecule has 0 radical (unpaired) electrons. The predicted octanol–water partition coefficient (Wildman–Crippen LogP) is 2.52. The van der Waals surface area contributed by atoms with Crippen molar-refractivity contribution in [1.82, 2.24) is 15.1 Å². The maximum Gasteiger partial charge on any atom is 0.161 e. The number of nitrogens with zero attached hydrogens (tertiary/aromatic N) is 2. The molecule has 0 aliphatic carbocycles. The molecule has 2 unspecified atom stereocenters. The molecular formula is C15H27N3O2. The van der Waals surface area contributed by atoms with Gasteiger partial charge in [-0.1, -0.05) is 13.8 Å². The highest BCUT2D eigenvalue weighted by Crippen LogP contribution is 2.32. The number of hydrogen-bond acceptors (Lipinski definition) is 4. The first-order valence-electron chi connectivity index (χ1n) is 7.76. The van der Waals surface area contributed by atoms with Crippen molar-refractivity contribution in [2.75, 3.05) is 20.3 Å². The second kappa shape index (κ2) is 7.64. The first kappa shape index (κ1) is 15.3. The zero-order valence-electron chi connectivity index (χ0n) is 12.9. The van der Waals surface area contributed by atoms with Gasteiger partial charge in [0, 0.05) is 13.2 Å². The van der Waals surface area contributed by atoms with E-state index in [9.17, 15) is 0 Å². The van der Waals surface area contributed by atoms with Crippen molar-refractivity contribution in [2.24, 2.45) is 0 Å². The van der Waals surface area contributed by atoms with E-state index < -0.39 is 0 Å². The van der Waals surface area contributed by atoms with Gasteiger partial charge in [0.2, 0.25) is 0 Å². The van der Waals surface area contributed by atoms with Gasteiger partial charge in [0.05, 0.1) is 31.1 Å². The van der Waals surface area contributed by atoms with Crippen LogP contribution < -0.4 is 10.1 Å². The van der Waals surface area contributed by atoms with Crippen molar-refractivity contribution in [2.45, 2.75) is 58.2 Å². The smallest absolute Gasteiger partial charge is 0.161 e. The summed E-state index contributed by atoms with van der Waals surface area (Å²) in [6.45, 7) is 7.10. The van der Waals surface area contributed by atoms with Crippen molar-refractivity contribution in [3.05, 3.63) is 11.9 Å². The first-order chi connectivity index (χ1) is 9.81. The van der Waals surface area contributed by atoms with Crippen molar-refractivity contribution in [3.8, 4) is 5.75 Å². The van der Waals surface area contributed by atoms with Gasteiger partial charge in [-0.25, -0.2) is 0 Å². The summed E-state index contributed by atoms with van der Waals surface area (Å²) in [5, 5.41) is 8.09. The fraction of sp³-hybridized carbons (Fsp3) is 0.800. The third-order valence-electron chi connectivity index (χ3n) is 3.75. The van der Waals surface area contributed by atoms with E-state index >= 15 is 0 Å². The molecular weight excluding hydrogens is 254 g/mol. The van der Waals surface area contributed by atoms with Crippen molar-refractivity contribution in [3.63, 3.8) is 0 Å². The summed E-state index contributed by atoms with van der Waals surface area (Å²) < 4.78 is 13.5. The van der Waals surface area contributed by atoms with Crippen LogP contribution >= 0.6 is 0 Å². The maximum atomic E-state index is 5.91. The molecule has 20 heavy (non-hydrogen) atoms. The summed E-state index contributed by atoms with van der Waals surface area (Å²) in [6.07, 6.45) is 6.45. The van der Waals surface area contributed by atoms with Gasteiger partial charge in [-0.2, -0.15) is 5.10 Å².